The van der Waals surface area contributed by atoms with E-state index in [0.717, 1.165) is 43.2 Å². The Morgan fingerprint density at radius 2 is 1.77 bits per heavy atom. The number of carbonyl (C=O) groups is 2. The first-order chi connectivity index (χ1) is 14.4. The van der Waals surface area contributed by atoms with Crippen LogP contribution >= 0.6 is 0 Å². The van der Waals surface area contributed by atoms with E-state index in [0.29, 0.717) is 29.9 Å². The lowest BCUT2D eigenvalue weighted by Gasteiger charge is -2.19. The Balaban J connectivity index is 1.60. The largest absolute Gasteiger partial charge is 0.398 e. The number of carbonyl (C=O) groups excluding carboxylic acids is 2. The molecular formula is C26H30N2O2. The molecule has 2 N–H and O–H groups in total. The second-order valence-corrected chi connectivity index (χ2v) is 8.70. The van der Waals surface area contributed by atoms with E-state index in [1.807, 2.05) is 11.8 Å². The first-order valence-corrected chi connectivity index (χ1v) is 10.9. The monoisotopic (exact) mass is 402 g/mol. The molecule has 2 aliphatic rings. The molecule has 0 radical (unpaired) electrons. The molecule has 0 bridgehead atoms. The van der Waals surface area contributed by atoms with Gasteiger partial charge in [0, 0.05) is 30.3 Å². The highest BCUT2D eigenvalue weighted by atomic mass is 16.2. The minimum atomic E-state index is -0.0934. The van der Waals surface area contributed by atoms with Gasteiger partial charge in [-0.1, -0.05) is 44.5 Å². The van der Waals surface area contributed by atoms with E-state index in [-0.39, 0.29) is 17.6 Å². The molecule has 1 amide bonds. The van der Waals surface area contributed by atoms with Gasteiger partial charge in [0.15, 0.2) is 5.78 Å². The van der Waals surface area contributed by atoms with Gasteiger partial charge in [-0.05, 0) is 66.1 Å². The summed E-state index contributed by atoms with van der Waals surface area (Å²) in [6, 6.07) is 10.0. The highest BCUT2D eigenvalue weighted by Gasteiger charge is 2.29. The average Bonchev–Trinajstić information content (AvgIpc) is 3.41. The summed E-state index contributed by atoms with van der Waals surface area (Å²) < 4.78 is 0. The lowest BCUT2D eigenvalue weighted by Crippen LogP contribution is -2.26. The maximum absolute atomic E-state index is 13.3. The van der Waals surface area contributed by atoms with Crippen molar-refractivity contribution in [2.75, 3.05) is 5.73 Å². The molecule has 4 nitrogen and oxygen atoms in total. The molecule has 1 fully saturated rings. The quantitative estimate of drug-likeness (QED) is 0.561. The first kappa shape index (κ1) is 20.4. The van der Waals surface area contributed by atoms with Gasteiger partial charge in [0.2, 0.25) is 0 Å². The molecule has 2 aromatic rings. The summed E-state index contributed by atoms with van der Waals surface area (Å²) in [6.45, 7) is 9.32. The molecule has 2 aromatic carbocycles. The molecule has 1 heterocycles. The summed E-state index contributed by atoms with van der Waals surface area (Å²) in [5.41, 5.74) is 13.0. The summed E-state index contributed by atoms with van der Waals surface area (Å²) >= 11 is 0. The van der Waals surface area contributed by atoms with Crippen molar-refractivity contribution in [1.82, 2.24) is 4.90 Å². The standard InChI is InChI=1S/C26H30N2O2/c1-4-18-9-10-20-14-28(15-21(20)12-18)26(30)23-13-22(16(2)11-24(23)27)17(3)25(29)19-7-5-6-8-19/h9-13,19H,3-8,14-15,27H2,1-2H3. The van der Waals surface area contributed by atoms with Gasteiger partial charge in [-0.15, -0.1) is 0 Å². The van der Waals surface area contributed by atoms with Crippen LogP contribution in [0.2, 0.25) is 0 Å². The number of nitrogens with two attached hydrogens (primary N) is 1. The van der Waals surface area contributed by atoms with E-state index < -0.39 is 0 Å². The van der Waals surface area contributed by atoms with Crippen LogP contribution in [0.15, 0.2) is 36.9 Å². The van der Waals surface area contributed by atoms with Gasteiger partial charge < -0.3 is 10.6 Å². The molecule has 30 heavy (non-hydrogen) atoms. The number of benzene rings is 2. The molecule has 0 spiro atoms. The Kier molecular flexibility index (Phi) is 5.50. The van der Waals surface area contributed by atoms with Crippen molar-refractivity contribution in [3.8, 4) is 0 Å². The van der Waals surface area contributed by atoms with E-state index in [1.165, 1.54) is 16.7 Å². The number of aryl methyl sites for hydroxylation is 2. The van der Waals surface area contributed by atoms with Crippen LogP contribution in [0.4, 0.5) is 5.69 Å². The Labute approximate surface area is 178 Å². The van der Waals surface area contributed by atoms with Crippen molar-refractivity contribution in [2.24, 2.45) is 5.92 Å². The number of rotatable bonds is 5. The van der Waals surface area contributed by atoms with Crippen molar-refractivity contribution in [3.05, 3.63) is 70.3 Å². The van der Waals surface area contributed by atoms with Crippen molar-refractivity contribution < 1.29 is 9.59 Å². The fourth-order valence-corrected chi connectivity index (χ4v) is 4.79. The minimum Gasteiger partial charge on any atom is -0.398 e. The third kappa shape index (κ3) is 3.67. The third-order valence-electron chi connectivity index (χ3n) is 6.66. The van der Waals surface area contributed by atoms with Crippen LogP contribution < -0.4 is 5.73 Å². The lowest BCUT2D eigenvalue weighted by atomic mass is 9.89. The molecule has 1 saturated carbocycles. The van der Waals surface area contributed by atoms with Gasteiger partial charge in [0.25, 0.3) is 5.91 Å². The van der Waals surface area contributed by atoms with E-state index in [2.05, 4.69) is 31.7 Å². The normalized spacial score (nSPS) is 16.0. The van der Waals surface area contributed by atoms with Crippen LogP contribution in [0.1, 0.15) is 70.8 Å². The summed E-state index contributed by atoms with van der Waals surface area (Å²) in [5, 5.41) is 0. The predicted octanol–water partition coefficient (Wildman–Crippen LogP) is 5.07. The van der Waals surface area contributed by atoms with Gasteiger partial charge in [-0.25, -0.2) is 0 Å². The van der Waals surface area contributed by atoms with Crippen LogP contribution in [0.3, 0.4) is 0 Å². The van der Waals surface area contributed by atoms with Crippen LogP contribution in [-0.4, -0.2) is 16.6 Å². The zero-order valence-electron chi connectivity index (χ0n) is 18.0. The number of nitrogens with zero attached hydrogens (tertiary/aromatic N) is 1. The van der Waals surface area contributed by atoms with Crippen LogP contribution in [0, 0.1) is 12.8 Å². The second kappa shape index (κ2) is 8.10. The molecule has 1 aliphatic carbocycles. The minimum absolute atomic E-state index is 0.0643. The smallest absolute Gasteiger partial charge is 0.256 e. The number of ketones is 1. The molecular weight excluding hydrogens is 372 g/mol. The topological polar surface area (TPSA) is 63.4 Å². The van der Waals surface area contributed by atoms with Gasteiger partial charge in [-0.2, -0.15) is 0 Å². The van der Waals surface area contributed by atoms with Crippen LogP contribution in [-0.2, 0) is 24.3 Å². The third-order valence-corrected chi connectivity index (χ3v) is 6.66. The zero-order chi connectivity index (χ0) is 21.4. The molecule has 1 aliphatic heterocycles. The number of amides is 1. The molecule has 0 unspecified atom stereocenters. The van der Waals surface area contributed by atoms with Crippen molar-refractivity contribution in [2.45, 2.75) is 59.0 Å². The van der Waals surface area contributed by atoms with Crippen LogP contribution in [0.5, 0.6) is 0 Å². The maximum Gasteiger partial charge on any atom is 0.256 e. The lowest BCUT2D eigenvalue weighted by molar-refractivity contribution is -0.117. The second-order valence-electron chi connectivity index (χ2n) is 8.70. The fraction of sp³-hybridized carbons (Fsp3) is 0.385. The summed E-state index contributed by atoms with van der Waals surface area (Å²) in [6.07, 6.45) is 5.05. The average molecular weight is 403 g/mol. The number of hydrogen-bond acceptors (Lipinski definition) is 3. The van der Waals surface area contributed by atoms with Crippen molar-refractivity contribution in [1.29, 1.82) is 0 Å². The van der Waals surface area contributed by atoms with Crippen molar-refractivity contribution >= 4 is 23.0 Å². The van der Waals surface area contributed by atoms with E-state index in [4.69, 9.17) is 5.73 Å². The first-order valence-electron chi connectivity index (χ1n) is 10.9. The molecule has 4 heteroatoms. The summed E-state index contributed by atoms with van der Waals surface area (Å²) in [7, 11) is 0. The highest BCUT2D eigenvalue weighted by molar-refractivity contribution is 6.22. The van der Waals surface area contributed by atoms with Gasteiger partial charge >= 0.3 is 0 Å². The number of hydrogen-bond donors (Lipinski definition) is 1. The summed E-state index contributed by atoms with van der Waals surface area (Å²) in [4.78, 5) is 28.1. The SMILES string of the molecule is C=C(C(=O)C1CCCC1)c1cc(C(=O)N2Cc3ccc(CC)cc3C2)c(N)cc1C. The zero-order valence-corrected chi connectivity index (χ0v) is 18.0. The molecule has 156 valence electrons. The number of anilines is 1. The Bertz CT molecular complexity index is 1030. The van der Waals surface area contributed by atoms with Gasteiger partial charge in [-0.3, -0.25) is 9.59 Å². The molecule has 0 atom stereocenters. The Morgan fingerprint density at radius 3 is 2.47 bits per heavy atom. The number of nitrogen functional groups attached to an aromatic ring is 1. The van der Waals surface area contributed by atoms with E-state index in [9.17, 15) is 9.59 Å². The van der Waals surface area contributed by atoms with E-state index >= 15 is 0 Å². The maximum atomic E-state index is 13.3. The fourth-order valence-electron chi connectivity index (χ4n) is 4.79. The van der Waals surface area contributed by atoms with E-state index in [1.54, 1.807) is 12.1 Å². The highest BCUT2D eigenvalue weighted by Crippen LogP contribution is 2.33. The number of fused-ring (bicyclic) bond motifs is 1. The van der Waals surface area contributed by atoms with Crippen molar-refractivity contribution in [3.63, 3.8) is 0 Å². The van der Waals surface area contributed by atoms with Crippen LogP contribution in [0.25, 0.3) is 5.57 Å². The Hall–Kier alpha value is -2.88. The Morgan fingerprint density at radius 1 is 1.07 bits per heavy atom. The number of Topliss-reactive ketones (excluding diaryl/α,β-unsaturated/α-hetero) is 1. The number of allylic oxidation sites excluding steroid dienone is 1. The molecule has 0 aromatic heterocycles. The molecule has 4 rings (SSSR count). The van der Waals surface area contributed by atoms with Gasteiger partial charge in [0.05, 0.1) is 5.56 Å². The predicted molar refractivity (Wildman–Crippen MR) is 121 cm³/mol. The van der Waals surface area contributed by atoms with Gasteiger partial charge in [0.1, 0.15) is 0 Å². The summed E-state index contributed by atoms with van der Waals surface area (Å²) in [5.74, 6) is 0.0815. The molecule has 0 saturated heterocycles.